The van der Waals surface area contributed by atoms with E-state index in [4.69, 9.17) is 0 Å². The van der Waals surface area contributed by atoms with Gasteiger partial charge in [-0.3, -0.25) is 0 Å². The molecule has 114 valence electrons. The quantitative estimate of drug-likeness (QED) is 0.825. The number of ether oxygens (including phenoxy) is 1. The number of likely N-dealkylation sites (N-methyl/N-ethyl adjacent to an activating group) is 1. The summed E-state index contributed by atoms with van der Waals surface area (Å²) in [5.41, 5.74) is 0. The molecule has 1 aliphatic heterocycles. The van der Waals surface area contributed by atoms with Gasteiger partial charge in [-0.05, 0) is 24.9 Å². The number of methoxy groups -OCH3 is 1. The van der Waals surface area contributed by atoms with Gasteiger partial charge in [0, 0.05) is 19.1 Å². The molecule has 1 atom stereocenters. The molecule has 1 saturated heterocycles. The maximum absolute atomic E-state index is 12.5. The Kier molecular flexibility index (Phi) is 5.96. The zero-order chi connectivity index (χ0) is 14.0. The standard InChI is InChI=1S/C11H16N2O4S2.ClH/c1-12-8-3-5-13(7-8)19(15,16)9-4-6-18-10(9)11(14)17-2;/h4,6,8,12H,3,5,7H2,1-2H3;1H. The first-order valence-corrected chi connectivity index (χ1v) is 8.16. The lowest BCUT2D eigenvalue weighted by atomic mass is 10.3. The summed E-state index contributed by atoms with van der Waals surface area (Å²) in [6.45, 7) is 0.888. The third-order valence-corrected chi connectivity index (χ3v) is 6.11. The Morgan fingerprint density at radius 3 is 2.80 bits per heavy atom. The van der Waals surface area contributed by atoms with Crippen molar-refractivity contribution < 1.29 is 17.9 Å². The van der Waals surface area contributed by atoms with E-state index in [1.54, 1.807) is 5.38 Å². The third kappa shape index (κ3) is 3.15. The van der Waals surface area contributed by atoms with Crippen LogP contribution in [0, 0.1) is 0 Å². The van der Waals surface area contributed by atoms with Crippen LogP contribution < -0.4 is 5.32 Å². The summed E-state index contributed by atoms with van der Waals surface area (Å²) in [5, 5.41) is 4.65. The molecule has 1 aliphatic rings. The molecule has 0 saturated carbocycles. The molecule has 20 heavy (non-hydrogen) atoms. The van der Waals surface area contributed by atoms with Crippen molar-refractivity contribution in [2.45, 2.75) is 17.4 Å². The van der Waals surface area contributed by atoms with Crippen molar-refractivity contribution in [3.05, 3.63) is 16.3 Å². The SMILES string of the molecule is CNC1CCN(S(=O)(=O)c2ccsc2C(=O)OC)C1.Cl. The molecule has 6 nitrogen and oxygen atoms in total. The molecule has 1 aromatic heterocycles. The number of hydrogen-bond acceptors (Lipinski definition) is 6. The monoisotopic (exact) mass is 340 g/mol. The van der Waals surface area contributed by atoms with Crippen molar-refractivity contribution >= 4 is 39.7 Å². The molecule has 0 aromatic carbocycles. The third-order valence-electron chi connectivity index (χ3n) is 3.18. The average Bonchev–Trinajstić information content (AvgIpc) is 3.06. The van der Waals surface area contributed by atoms with Gasteiger partial charge in [-0.25, -0.2) is 13.2 Å². The van der Waals surface area contributed by atoms with Gasteiger partial charge in [0.2, 0.25) is 10.0 Å². The zero-order valence-corrected chi connectivity index (χ0v) is 13.6. The van der Waals surface area contributed by atoms with Gasteiger partial charge in [0.1, 0.15) is 9.77 Å². The molecule has 9 heteroatoms. The van der Waals surface area contributed by atoms with Gasteiger partial charge in [0.25, 0.3) is 0 Å². The van der Waals surface area contributed by atoms with E-state index < -0.39 is 16.0 Å². The van der Waals surface area contributed by atoms with Crippen LogP contribution in [-0.2, 0) is 14.8 Å². The Labute approximate surface area is 128 Å². The molecule has 1 unspecified atom stereocenters. The maximum Gasteiger partial charge on any atom is 0.349 e. The molecule has 1 fully saturated rings. The average molecular weight is 341 g/mol. The number of hydrogen-bond donors (Lipinski definition) is 1. The molecule has 0 spiro atoms. The van der Waals surface area contributed by atoms with E-state index in [1.807, 2.05) is 7.05 Å². The van der Waals surface area contributed by atoms with E-state index in [1.165, 1.54) is 17.5 Å². The van der Waals surface area contributed by atoms with E-state index in [-0.39, 0.29) is 28.2 Å². The van der Waals surface area contributed by atoms with Crippen LogP contribution in [0.1, 0.15) is 16.1 Å². The lowest BCUT2D eigenvalue weighted by Gasteiger charge is -2.16. The number of nitrogens with one attached hydrogen (secondary N) is 1. The molecule has 0 bridgehead atoms. The molecule has 1 aromatic rings. The summed E-state index contributed by atoms with van der Waals surface area (Å²) in [4.78, 5) is 11.7. The second-order valence-corrected chi connectivity index (χ2v) is 7.07. The van der Waals surface area contributed by atoms with E-state index in [0.29, 0.717) is 13.1 Å². The highest BCUT2D eigenvalue weighted by Crippen LogP contribution is 2.28. The van der Waals surface area contributed by atoms with Crippen LogP contribution in [0.15, 0.2) is 16.3 Å². The van der Waals surface area contributed by atoms with Crippen LogP contribution in [0.4, 0.5) is 0 Å². The first kappa shape index (κ1) is 17.4. The Balaban J connectivity index is 0.00000200. The molecule has 2 heterocycles. The minimum absolute atomic E-state index is 0. The highest BCUT2D eigenvalue weighted by Gasteiger charge is 2.35. The Morgan fingerprint density at radius 1 is 1.55 bits per heavy atom. The number of esters is 1. The Morgan fingerprint density at radius 2 is 2.25 bits per heavy atom. The molecular weight excluding hydrogens is 324 g/mol. The van der Waals surface area contributed by atoms with Crippen molar-refractivity contribution in [3.8, 4) is 0 Å². The minimum Gasteiger partial charge on any atom is -0.465 e. The summed E-state index contributed by atoms with van der Waals surface area (Å²) < 4.78 is 31.0. The van der Waals surface area contributed by atoms with Crippen LogP contribution in [0.25, 0.3) is 0 Å². The fourth-order valence-electron chi connectivity index (χ4n) is 2.06. The molecule has 0 radical (unpaired) electrons. The van der Waals surface area contributed by atoms with Gasteiger partial charge in [-0.15, -0.1) is 23.7 Å². The smallest absolute Gasteiger partial charge is 0.349 e. The van der Waals surface area contributed by atoms with E-state index in [9.17, 15) is 13.2 Å². The number of carbonyl (C=O) groups is 1. The summed E-state index contributed by atoms with van der Waals surface area (Å²) in [6.07, 6.45) is 0.771. The lowest BCUT2D eigenvalue weighted by molar-refractivity contribution is 0.0602. The van der Waals surface area contributed by atoms with E-state index in [2.05, 4.69) is 10.1 Å². The van der Waals surface area contributed by atoms with Crippen LogP contribution in [0.2, 0.25) is 0 Å². The lowest BCUT2D eigenvalue weighted by Crippen LogP contribution is -2.33. The molecule has 1 N–H and O–H groups in total. The first-order chi connectivity index (χ1) is 9.00. The Bertz CT molecular complexity index is 573. The second-order valence-electron chi connectivity index (χ2n) is 4.24. The predicted molar refractivity (Wildman–Crippen MR) is 79.1 cm³/mol. The number of carbonyl (C=O) groups excluding carboxylic acids is 1. The number of nitrogens with zero attached hydrogens (tertiary/aromatic N) is 1. The number of rotatable bonds is 4. The minimum atomic E-state index is -3.62. The number of thiophene rings is 1. The van der Waals surface area contributed by atoms with Gasteiger partial charge in [0.05, 0.1) is 7.11 Å². The largest absolute Gasteiger partial charge is 0.465 e. The highest BCUT2D eigenvalue weighted by atomic mass is 35.5. The van der Waals surface area contributed by atoms with Gasteiger partial charge < -0.3 is 10.1 Å². The van der Waals surface area contributed by atoms with Crippen molar-refractivity contribution in [1.29, 1.82) is 0 Å². The maximum atomic E-state index is 12.5. The van der Waals surface area contributed by atoms with E-state index >= 15 is 0 Å². The van der Waals surface area contributed by atoms with Gasteiger partial charge >= 0.3 is 5.97 Å². The van der Waals surface area contributed by atoms with Crippen LogP contribution in [0.3, 0.4) is 0 Å². The molecule has 2 rings (SSSR count). The van der Waals surface area contributed by atoms with Crippen LogP contribution in [-0.4, -0.2) is 52.0 Å². The van der Waals surface area contributed by atoms with Gasteiger partial charge in [0.15, 0.2) is 0 Å². The van der Waals surface area contributed by atoms with Crippen LogP contribution >= 0.6 is 23.7 Å². The first-order valence-electron chi connectivity index (χ1n) is 5.84. The van der Waals surface area contributed by atoms with Crippen molar-refractivity contribution in [3.63, 3.8) is 0 Å². The summed E-state index contributed by atoms with van der Waals surface area (Å²) in [6, 6.07) is 1.62. The topological polar surface area (TPSA) is 75.7 Å². The Hall–Kier alpha value is -0.670. The normalized spacial score (nSPS) is 19.6. The number of sulfonamides is 1. The fraction of sp³-hybridized carbons (Fsp3) is 0.545. The van der Waals surface area contributed by atoms with E-state index in [0.717, 1.165) is 17.8 Å². The van der Waals surface area contributed by atoms with Gasteiger partial charge in [-0.1, -0.05) is 0 Å². The second kappa shape index (κ2) is 6.86. The van der Waals surface area contributed by atoms with Crippen molar-refractivity contribution in [2.24, 2.45) is 0 Å². The van der Waals surface area contributed by atoms with Crippen molar-refractivity contribution in [2.75, 3.05) is 27.2 Å². The fourth-order valence-corrected chi connectivity index (χ4v) is 4.87. The zero-order valence-electron chi connectivity index (χ0n) is 11.2. The van der Waals surface area contributed by atoms with Crippen LogP contribution in [0.5, 0.6) is 0 Å². The molecular formula is C11H17ClN2O4S2. The summed E-state index contributed by atoms with van der Waals surface area (Å²) in [7, 11) is -0.569. The van der Waals surface area contributed by atoms with Gasteiger partial charge in [-0.2, -0.15) is 4.31 Å². The highest BCUT2D eigenvalue weighted by molar-refractivity contribution is 7.89. The number of halogens is 1. The predicted octanol–water partition coefficient (Wildman–Crippen LogP) is 0.939. The molecule has 0 amide bonds. The van der Waals surface area contributed by atoms with Crippen molar-refractivity contribution in [1.82, 2.24) is 9.62 Å². The summed E-state index contributed by atoms with van der Waals surface area (Å²) in [5.74, 6) is -0.613. The molecule has 0 aliphatic carbocycles. The summed E-state index contributed by atoms with van der Waals surface area (Å²) >= 11 is 1.08.